The Bertz CT molecular complexity index is 913. The lowest BCUT2D eigenvalue weighted by Crippen LogP contribution is -2.29. The summed E-state index contributed by atoms with van der Waals surface area (Å²) in [5, 5.41) is 9.27. The number of nitrogens with one attached hydrogen (secondary N) is 3. The van der Waals surface area contributed by atoms with Crippen molar-refractivity contribution in [2.45, 2.75) is 13.8 Å². The van der Waals surface area contributed by atoms with E-state index in [0.717, 1.165) is 5.56 Å². The topological polar surface area (TPSA) is 91.8 Å². The van der Waals surface area contributed by atoms with E-state index in [2.05, 4.69) is 30.9 Å². The van der Waals surface area contributed by atoms with Crippen molar-refractivity contribution in [3.63, 3.8) is 0 Å². The van der Waals surface area contributed by atoms with E-state index in [4.69, 9.17) is 0 Å². The minimum atomic E-state index is -0.0775. The molecule has 0 unspecified atom stereocenters. The SMILES string of the molecule is Cc1nc(NCCNC(=O)c2ccccc2C)cc(Nc2ccccn2)n1. The standard InChI is InChI=1S/C20H22N6O/c1-14-7-3-4-8-16(14)20(27)23-12-11-22-18-13-19(25-15(2)24-18)26-17-9-5-6-10-21-17/h3-10,13H,11-12H2,1-2H3,(H,23,27)(H2,21,22,24,25,26). The van der Waals surface area contributed by atoms with Crippen LogP contribution in [0.1, 0.15) is 21.7 Å². The van der Waals surface area contributed by atoms with Crippen molar-refractivity contribution in [1.29, 1.82) is 0 Å². The molecule has 0 atom stereocenters. The van der Waals surface area contributed by atoms with Gasteiger partial charge in [-0.1, -0.05) is 24.3 Å². The first kappa shape index (κ1) is 18.3. The Balaban J connectivity index is 1.53. The molecule has 0 bridgehead atoms. The highest BCUT2D eigenvalue weighted by Crippen LogP contribution is 2.15. The molecule has 138 valence electrons. The molecule has 0 fully saturated rings. The highest BCUT2D eigenvalue weighted by molar-refractivity contribution is 5.95. The number of rotatable bonds is 7. The van der Waals surface area contributed by atoms with E-state index in [0.29, 0.717) is 41.9 Å². The molecule has 7 heteroatoms. The van der Waals surface area contributed by atoms with Gasteiger partial charge in [0.1, 0.15) is 23.3 Å². The van der Waals surface area contributed by atoms with Crippen molar-refractivity contribution in [3.8, 4) is 0 Å². The Morgan fingerprint density at radius 3 is 2.48 bits per heavy atom. The number of pyridine rings is 1. The van der Waals surface area contributed by atoms with Gasteiger partial charge in [-0.25, -0.2) is 15.0 Å². The maximum atomic E-state index is 12.2. The van der Waals surface area contributed by atoms with Gasteiger partial charge in [0.25, 0.3) is 5.91 Å². The maximum Gasteiger partial charge on any atom is 0.251 e. The summed E-state index contributed by atoms with van der Waals surface area (Å²) in [6.45, 7) is 4.79. The number of hydrogen-bond acceptors (Lipinski definition) is 6. The fourth-order valence-electron chi connectivity index (χ4n) is 2.58. The quantitative estimate of drug-likeness (QED) is 0.560. The number of benzene rings is 1. The summed E-state index contributed by atoms with van der Waals surface area (Å²) in [7, 11) is 0. The van der Waals surface area contributed by atoms with Gasteiger partial charge in [-0.3, -0.25) is 4.79 Å². The summed E-state index contributed by atoms with van der Waals surface area (Å²) >= 11 is 0. The van der Waals surface area contributed by atoms with Crippen LogP contribution in [0.15, 0.2) is 54.7 Å². The van der Waals surface area contributed by atoms with Crippen LogP contribution in [-0.2, 0) is 0 Å². The van der Waals surface area contributed by atoms with Gasteiger partial charge in [-0.15, -0.1) is 0 Å². The summed E-state index contributed by atoms with van der Waals surface area (Å²) in [4.78, 5) is 25.2. The smallest absolute Gasteiger partial charge is 0.251 e. The van der Waals surface area contributed by atoms with Crippen LogP contribution >= 0.6 is 0 Å². The molecule has 1 aromatic carbocycles. The van der Waals surface area contributed by atoms with E-state index in [9.17, 15) is 4.79 Å². The zero-order chi connectivity index (χ0) is 19.1. The highest BCUT2D eigenvalue weighted by Gasteiger charge is 2.07. The molecular formula is C20H22N6O. The highest BCUT2D eigenvalue weighted by atomic mass is 16.1. The Labute approximate surface area is 158 Å². The predicted molar refractivity (Wildman–Crippen MR) is 106 cm³/mol. The fourth-order valence-corrected chi connectivity index (χ4v) is 2.58. The van der Waals surface area contributed by atoms with Crippen molar-refractivity contribution in [1.82, 2.24) is 20.3 Å². The van der Waals surface area contributed by atoms with Gasteiger partial charge in [0.05, 0.1) is 0 Å². The molecule has 3 N–H and O–H groups in total. The summed E-state index contributed by atoms with van der Waals surface area (Å²) in [6, 6.07) is 15.0. The number of hydrogen-bond donors (Lipinski definition) is 3. The maximum absolute atomic E-state index is 12.2. The van der Waals surface area contributed by atoms with Crippen LogP contribution in [-0.4, -0.2) is 33.9 Å². The normalized spacial score (nSPS) is 10.3. The molecule has 0 aliphatic carbocycles. The van der Waals surface area contributed by atoms with E-state index in [-0.39, 0.29) is 5.91 Å². The second kappa shape index (κ2) is 8.75. The number of carbonyl (C=O) groups excluding carboxylic acids is 1. The molecule has 0 saturated carbocycles. The third kappa shape index (κ3) is 5.24. The predicted octanol–water partition coefficient (Wildman–Crippen LogP) is 3.07. The Morgan fingerprint density at radius 2 is 1.70 bits per heavy atom. The van der Waals surface area contributed by atoms with Gasteiger partial charge < -0.3 is 16.0 Å². The van der Waals surface area contributed by atoms with E-state index in [1.165, 1.54) is 0 Å². The van der Waals surface area contributed by atoms with Gasteiger partial charge in [0.15, 0.2) is 0 Å². The monoisotopic (exact) mass is 362 g/mol. The van der Waals surface area contributed by atoms with E-state index >= 15 is 0 Å². The Morgan fingerprint density at radius 1 is 0.926 bits per heavy atom. The Hall–Kier alpha value is -3.48. The first-order chi connectivity index (χ1) is 13.1. The van der Waals surface area contributed by atoms with Gasteiger partial charge in [0, 0.05) is 30.9 Å². The third-order valence-corrected chi connectivity index (χ3v) is 3.87. The minimum absolute atomic E-state index is 0.0775. The third-order valence-electron chi connectivity index (χ3n) is 3.87. The Kier molecular flexibility index (Phi) is 5.94. The van der Waals surface area contributed by atoms with Crippen molar-refractivity contribution < 1.29 is 4.79 Å². The van der Waals surface area contributed by atoms with E-state index in [1.807, 2.05) is 62.4 Å². The largest absolute Gasteiger partial charge is 0.368 e. The molecule has 0 aliphatic rings. The fraction of sp³-hybridized carbons (Fsp3) is 0.200. The molecule has 3 aromatic rings. The molecule has 0 spiro atoms. The minimum Gasteiger partial charge on any atom is -0.368 e. The lowest BCUT2D eigenvalue weighted by Gasteiger charge is -2.11. The van der Waals surface area contributed by atoms with Gasteiger partial charge in [-0.05, 0) is 37.6 Å². The zero-order valence-electron chi connectivity index (χ0n) is 15.4. The number of anilines is 3. The summed E-state index contributed by atoms with van der Waals surface area (Å²) in [6.07, 6.45) is 1.71. The molecule has 0 saturated heterocycles. The molecule has 3 rings (SSSR count). The van der Waals surface area contributed by atoms with E-state index < -0.39 is 0 Å². The molecular weight excluding hydrogens is 340 g/mol. The van der Waals surface area contributed by atoms with Crippen LogP contribution in [0.5, 0.6) is 0 Å². The number of aromatic nitrogens is 3. The number of aryl methyl sites for hydroxylation is 2. The molecule has 2 aromatic heterocycles. The van der Waals surface area contributed by atoms with Crippen molar-refractivity contribution in [2.75, 3.05) is 23.7 Å². The molecule has 7 nitrogen and oxygen atoms in total. The van der Waals surface area contributed by atoms with Crippen molar-refractivity contribution >= 4 is 23.4 Å². The number of amides is 1. The molecule has 0 radical (unpaired) electrons. The second-order valence-corrected chi connectivity index (χ2v) is 6.02. The molecule has 1 amide bonds. The number of carbonyl (C=O) groups is 1. The molecule has 27 heavy (non-hydrogen) atoms. The van der Waals surface area contributed by atoms with Crippen LogP contribution in [0.2, 0.25) is 0 Å². The average Bonchev–Trinajstić information content (AvgIpc) is 2.66. The lowest BCUT2D eigenvalue weighted by molar-refractivity contribution is 0.0954. The van der Waals surface area contributed by atoms with Crippen LogP contribution < -0.4 is 16.0 Å². The first-order valence-corrected chi connectivity index (χ1v) is 8.73. The molecule has 2 heterocycles. The van der Waals surface area contributed by atoms with Crippen molar-refractivity contribution in [2.24, 2.45) is 0 Å². The summed E-state index contributed by atoms with van der Waals surface area (Å²) in [5.74, 6) is 2.62. The van der Waals surface area contributed by atoms with Crippen LogP contribution in [0.4, 0.5) is 17.5 Å². The van der Waals surface area contributed by atoms with Crippen LogP contribution in [0.3, 0.4) is 0 Å². The van der Waals surface area contributed by atoms with Crippen molar-refractivity contribution in [3.05, 3.63) is 71.7 Å². The second-order valence-electron chi connectivity index (χ2n) is 6.02. The van der Waals surface area contributed by atoms with E-state index in [1.54, 1.807) is 6.20 Å². The first-order valence-electron chi connectivity index (χ1n) is 8.73. The summed E-state index contributed by atoms with van der Waals surface area (Å²) < 4.78 is 0. The summed E-state index contributed by atoms with van der Waals surface area (Å²) in [5.41, 5.74) is 1.65. The molecule has 0 aliphatic heterocycles. The zero-order valence-corrected chi connectivity index (χ0v) is 15.4. The lowest BCUT2D eigenvalue weighted by atomic mass is 10.1. The van der Waals surface area contributed by atoms with Gasteiger partial charge >= 0.3 is 0 Å². The number of nitrogens with zero attached hydrogens (tertiary/aromatic N) is 3. The van der Waals surface area contributed by atoms with Gasteiger partial charge in [0.2, 0.25) is 0 Å². The van der Waals surface area contributed by atoms with Gasteiger partial charge in [-0.2, -0.15) is 0 Å². The van der Waals surface area contributed by atoms with Crippen LogP contribution in [0.25, 0.3) is 0 Å². The van der Waals surface area contributed by atoms with Crippen LogP contribution in [0, 0.1) is 13.8 Å². The average molecular weight is 362 g/mol.